The van der Waals surface area contributed by atoms with Crippen LogP contribution in [-0.4, -0.2) is 18.4 Å². The zero-order chi connectivity index (χ0) is 13.2. The zero-order valence-electron chi connectivity index (χ0n) is 11.2. The molecule has 0 spiro atoms. The third-order valence-corrected chi connectivity index (χ3v) is 4.40. The summed E-state index contributed by atoms with van der Waals surface area (Å²) in [6.45, 7) is 0.786. The van der Waals surface area contributed by atoms with Gasteiger partial charge in [-0.25, -0.2) is 0 Å². The summed E-state index contributed by atoms with van der Waals surface area (Å²) in [5, 5.41) is 0. The molecule has 1 saturated carbocycles. The molecule has 19 heavy (non-hydrogen) atoms. The highest BCUT2D eigenvalue weighted by Crippen LogP contribution is 2.28. The van der Waals surface area contributed by atoms with Gasteiger partial charge >= 0.3 is 0 Å². The van der Waals surface area contributed by atoms with Gasteiger partial charge in [-0.1, -0.05) is 18.6 Å². The maximum absolute atomic E-state index is 12.2. The molecular weight excluding hydrogens is 238 g/mol. The average Bonchev–Trinajstić information content (AvgIpc) is 3.03. The standard InChI is InChI=1S/C16H21NO2/c17-14-3-1-2-13(14)15(18)6-4-11-5-7-16-12(10-11)8-9-19-16/h5,7,10,13-14H,1-4,6,8-9,17H2. The second-order valence-corrected chi connectivity index (χ2v) is 5.71. The molecule has 2 atom stereocenters. The summed E-state index contributed by atoms with van der Waals surface area (Å²) in [5.41, 5.74) is 8.51. The predicted molar refractivity (Wildman–Crippen MR) is 74.3 cm³/mol. The van der Waals surface area contributed by atoms with Crippen LogP contribution in [0.25, 0.3) is 0 Å². The van der Waals surface area contributed by atoms with Gasteiger partial charge in [-0.15, -0.1) is 0 Å². The number of nitrogens with two attached hydrogens (primary N) is 1. The number of hydrogen-bond donors (Lipinski definition) is 1. The summed E-state index contributed by atoms with van der Waals surface area (Å²) < 4.78 is 5.49. The van der Waals surface area contributed by atoms with E-state index in [0.717, 1.165) is 44.5 Å². The zero-order valence-corrected chi connectivity index (χ0v) is 11.2. The minimum atomic E-state index is 0.0981. The van der Waals surface area contributed by atoms with Gasteiger partial charge in [0.25, 0.3) is 0 Å². The number of hydrogen-bond acceptors (Lipinski definition) is 3. The van der Waals surface area contributed by atoms with Crippen LogP contribution in [0.15, 0.2) is 18.2 Å². The molecular formula is C16H21NO2. The molecule has 1 aromatic rings. The molecule has 102 valence electrons. The van der Waals surface area contributed by atoms with Crippen LogP contribution >= 0.6 is 0 Å². The average molecular weight is 259 g/mol. The fourth-order valence-corrected chi connectivity index (χ4v) is 3.24. The molecule has 0 bridgehead atoms. The minimum absolute atomic E-state index is 0.0981. The molecule has 2 unspecified atom stereocenters. The van der Waals surface area contributed by atoms with Crippen LogP contribution in [0, 0.1) is 5.92 Å². The van der Waals surface area contributed by atoms with Crippen LogP contribution in [0.4, 0.5) is 0 Å². The van der Waals surface area contributed by atoms with E-state index in [4.69, 9.17) is 10.5 Å². The summed E-state index contributed by atoms with van der Waals surface area (Å²) in [6.07, 6.45) is 5.54. The lowest BCUT2D eigenvalue weighted by Crippen LogP contribution is -2.30. The van der Waals surface area contributed by atoms with Crippen molar-refractivity contribution >= 4 is 5.78 Å². The number of ether oxygens (including phenoxy) is 1. The van der Waals surface area contributed by atoms with Gasteiger partial charge in [-0.3, -0.25) is 4.79 Å². The monoisotopic (exact) mass is 259 g/mol. The first-order valence-electron chi connectivity index (χ1n) is 7.27. The smallest absolute Gasteiger partial charge is 0.137 e. The van der Waals surface area contributed by atoms with Crippen molar-refractivity contribution in [3.05, 3.63) is 29.3 Å². The Morgan fingerprint density at radius 3 is 3.05 bits per heavy atom. The largest absolute Gasteiger partial charge is 0.493 e. The van der Waals surface area contributed by atoms with E-state index in [1.165, 1.54) is 11.1 Å². The van der Waals surface area contributed by atoms with Crippen molar-refractivity contribution < 1.29 is 9.53 Å². The van der Waals surface area contributed by atoms with Crippen molar-refractivity contribution in [1.29, 1.82) is 0 Å². The third kappa shape index (κ3) is 2.66. The number of Topliss-reactive ketones (excluding diaryl/α,β-unsaturated/α-hetero) is 1. The fraction of sp³-hybridized carbons (Fsp3) is 0.562. The van der Waals surface area contributed by atoms with Gasteiger partial charge in [-0.05, 0) is 36.5 Å². The van der Waals surface area contributed by atoms with Crippen LogP contribution in [-0.2, 0) is 17.6 Å². The van der Waals surface area contributed by atoms with Crippen molar-refractivity contribution in [2.75, 3.05) is 6.61 Å². The Balaban J connectivity index is 1.58. The summed E-state index contributed by atoms with van der Waals surface area (Å²) in [6, 6.07) is 6.39. The molecule has 1 fully saturated rings. The summed E-state index contributed by atoms with van der Waals surface area (Å²) in [7, 11) is 0. The van der Waals surface area contributed by atoms with Crippen molar-refractivity contribution in [2.24, 2.45) is 11.7 Å². The van der Waals surface area contributed by atoms with Gasteiger partial charge in [0.2, 0.25) is 0 Å². The molecule has 3 nitrogen and oxygen atoms in total. The van der Waals surface area contributed by atoms with E-state index in [1.807, 2.05) is 6.07 Å². The Kier molecular flexibility index (Phi) is 3.56. The van der Waals surface area contributed by atoms with Gasteiger partial charge in [0.15, 0.2) is 0 Å². The molecule has 1 aliphatic carbocycles. The van der Waals surface area contributed by atoms with Crippen molar-refractivity contribution in [3.8, 4) is 5.75 Å². The number of rotatable bonds is 4. The maximum atomic E-state index is 12.2. The Bertz CT molecular complexity index is 484. The highest BCUT2D eigenvalue weighted by Gasteiger charge is 2.29. The van der Waals surface area contributed by atoms with Gasteiger partial charge in [0, 0.05) is 24.8 Å². The summed E-state index contributed by atoms with van der Waals surface area (Å²) in [5.74, 6) is 1.47. The first-order chi connectivity index (χ1) is 9.24. The molecule has 0 saturated heterocycles. The lowest BCUT2D eigenvalue weighted by molar-refractivity contribution is -0.123. The number of carbonyl (C=O) groups excluding carboxylic acids is 1. The number of ketones is 1. The second-order valence-electron chi connectivity index (χ2n) is 5.71. The van der Waals surface area contributed by atoms with Crippen molar-refractivity contribution in [1.82, 2.24) is 0 Å². The van der Waals surface area contributed by atoms with Crippen LogP contribution in [0.3, 0.4) is 0 Å². The van der Waals surface area contributed by atoms with Gasteiger partial charge in [0.05, 0.1) is 6.61 Å². The van der Waals surface area contributed by atoms with E-state index in [1.54, 1.807) is 0 Å². The lowest BCUT2D eigenvalue weighted by atomic mass is 9.94. The van der Waals surface area contributed by atoms with Crippen LogP contribution in [0.5, 0.6) is 5.75 Å². The molecule has 0 aromatic heterocycles. The molecule has 0 radical (unpaired) electrons. The number of carbonyl (C=O) groups is 1. The summed E-state index contributed by atoms with van der Waals surface area (Å²) >= 11 is 0. The van der Waals surface area contributed by atoms with Crippen LogP contribution < -0.4 is 10.5 Å². The highest BCUT2D eigenvalue weighted by molar-refractivity contribution is 5.82. The molecule has 1 aliphatic heterocycles. The van der Waals surface area contributed by atoms with Crippen LogP contribution in [0.2, 0.25) is 0 Å². The molecule has 3 heteroatoms. The molecule has 1 aromatic carbocycles. The Morgan fingerprint density at radius 1 is 1.37 bits per heavy atom. The first kappa shape index (κ1) is 12.7. The Labute approximate surface area is 114 Å². The van der Waals surface area contributed by atoms with E-state index in [-0.39, 0.29) is 12.0 Å². The normalized spacial score (nSPS) is 25.1. The lowest BCUT2D eigenvalue weighted by Gasteiger charge is -2.13. The molecule has 0 amide bonds. The SMILES string of the molecule is NC1CCCC1C(=O)CCc1ccc2c(c1)CCO2. The molecule has 3 rings (SSSR count). The predicted octanol–water partition coefficient (Wildman–Crippen LogP) is 2.25. The second kappa shape index (κ2) is 5.33. The quantitative estimate of drug-likeness (QED) is 0.902. The summed E-state index contributed by atoms with van der Waals surface area (Å²) in [4.78, 5) is 12.2. The molecule has 2 N–H and O–H groups in total. The Morgan fingerprint density at radius 2 is 2.26 bits per heavy atom. The Hall–Kier alpha value is -1.35. The van der Waals surface area contributed by atoms with Gasteiger partial charge < -0.3 is 10.5 Å². The highest BCUT2D eigenvalue weighted by atomic mass is 16.5. The number of benzene rings is 1. The van der Waals surface area contributed by atoms with Crippen LogP contribution in [0.1, 0.15) is 36.8 Å². The topological polar surface area (TPSA) is 52.3 Å². The van der Waals surface area contributed by atoms with E-state index in [2.05, 4.69) is 12.1 Å². The van der Waals surface area contributed by atoms with Crippen molar-refractivity contribution in [2.45, 2.75) is 44.6 Å². The van der Waals surface area contributed by atoms with Crippen molar-refractivity contribution in [3.63, 3.8) is 0 Å². The minimum Gasteiger partial charge on any atom is -0.493 e. The third-order valence-electron chi connectivity index (χ3n) is 4.40. The van der Waals surface area contributed by atoms with E-state index >= 15 is 0 Å². The molecule has 2 aliphatic rings. The number of aryl methyl sites for hydroxylation is 1. The van der Waals surface area contributed by atoms with Gasteiger partial charge in [0.1, 0.15) is 11.5 Å². The first-order valence-corrected chi connectivity index (χ1v) is 7.27. The van der Waals surface area contributed by atoms with E-state index in [0.29, 0.717) is 12.2 Å². The van der Waals surface area contributed by atoms with E-state index < -0.39 is 0 Å². The van der Waals surface area contributed by atoms with E-state index in [9.17, 15) is 4.79 Å². The fourth-order valence-electron chi connectivity index (χ4n) is 3.24. The maximum Gasteiger partial charge on any atom is 0.137 e. The molecule has 1 heterocycles. The van der Waals surface area contributed by atoms with Gasteiger partial charge in [-0.2, -0.15) is 0 Å². The number of fused-ring (bicyclic) bond motifs is 1.